The SMILES string of the molecule is CCNC(=NCCCn1nc(C)cc1C)NCCS(=O)(=O)c1ccc(C(C)(C)C)cc1.I. The van der Waals surface area contributed by atoms with Crippen molar-refractivity contribution in [1.29, 1.82) is 0 Å². The summed E-state index contributed by atoms with van der Waals surface area (Å²) in [6, 6.07) is 9.26. The molecule has 0 bridgehead atoms. The average molecular weight is 576 g/mol. The first kappa shape index (κ1) is 28.4. The number of halogens is 1. The molecule has 0 aliphatic heterocycles. The maximum atomic E-state index is 12.7. The second kappa shape index (κ2) is 12.6. The molecule has 32 heavy (non-hydrogen) atoms. The van der Waals surface area contributed by atoms with Crippen LogP contribution in [-0.4, -0.2) is 49.5 Å². The number of rotatable bonds is 9. The van der Waals surface area contributed by atoms with Crippen molar-refractivity contribution >= 4 is 39.8 Å². The van der Waals surface area contributed by atoms with Gasteiger partial charge >= 0.3 is 0 Å². The Kier molecular flexibility index (Phi) is 11.2. The van der Waals surface area contributed by atoms with E-state index in [1.165, 1.54) is 0 Å². The molecule has 0 saturated carbocycles. The normalized spacial score (nSPS) is 12.4. The van der Waals surface area contributed by atoms with E-state index in [0.717, 1.165) is 29.9 Å². The van der Waals surface area contributed by atoms with Crippen LogP contribution in [0.2, 0.25) is 0 Å². The Labute approximate surface area is 210 Å². The Morgan fingerprint density at radius 1 is 1.12 bits per heavy atom. The van der Waals surface area contributed by atoms with Crippen LogP contribution in [0.15, 0.2) is 40.2 Å². The summed E-state index contributed by atoms with van der Waals surface area (Å²) in [6.45, 7) is 14.8. The fourth-order valence-corrected chi connectivity index (χ4v) is 4.40. The lowest BCUT2D eigenvalue weighted by molar-refractivity contribution is 0.567. The summed E-state index contributed by atoms with van der Waals surface area (Å²) < 4.78 is 27.3. The summed E-state index contributed by atoms with van der Waals surface area (Å²) in [5, 5.41) is 10.8. The molecule has 0 saturated heterocycles. The molecule has 180 valence electrons. The molecular formula is C23H38IN5O2S. The lowest BCUT2D eigenvalue weighted by Gasteiger charge is -2.19. The maximum absolute atomic E-state index is 12.7. The number of nitrogens with zero attached hydrogens (tertiary/aromatic N) is 3. The van der Waals surface area contributed by atoms with Crippen LogP contribution in [0.1, 0.15) is 51.1 Å². The summed E-state index contributed by atoms with van der Waals surface area (Å²) in [5.74, 6) is 0.645. The Morgan fingerprint density at radius 3 is 2.31 bits per heavy atom. The van der Waals surface area contributed by atoms with Crippen LogP contribution in [0.4, 0.5) is 0 Å². The smallest absolute Gasteiger partial charge is 0.191 e. The van der Waals surface area contributed by atoms with Crippen molar-refractivity contribution in [2.45, 2.75) is 64.8 Å². The number of aryl methyl sites for hydroxylation is 3. The molecule has 0 radical (unpaired) electrons. The van der Waals surface area contributed by atoms with Crippen molar-refractivity contribution in [2.24, 2.45) is 4.99 Å². The first-order valence-electron chi connectivity index (χ1n) is 10.9. The highest BCUT2D eigenvalue weighted by Gasteiger charge is 2.17. The van der Waals surface area contributed by atoms with Gasteiger partial charge in [0.25, 0.3) is 0 Å². The van der Waals surface area contributed by atoms with E-state index in [-0.39, 0.29) is 35.1 Å². The molecule has 2 N–H and O–H groups in total. The summed E-state index contributed by atoms with van der Waals surface area (Å²) in [5.41, 5.74) is 3.28. The summed E-state index contributed by atoms with van der Waals surface area (Å²) in [7, 11) is -3.35. The third-order valence-corrected chi connectivity index (χ3v) is 6.72. The van der Waals surface area contributed by atoms with Crippen LogP contribution in [-0.2, 0) is 21.8 Å². The zero-order valence-corrected chi connectivity index (χ0v) is 23.3. The van der Waals surface area contributed by atoms with Gasteiger partial charge in [-0.15, -0.1) is 24.0 Å². The predicted octanol–water partition coefficient (Wildman–Crippen LogP) is 3.83. The zero-order chi connectivity index (χ0) is 23.1. The van der Waals surface area contributed by atoms with Crippen molar-refractivity contribution < 1.29 is 8.42 Å². The van der Waals surface area contributed by atoms with Crippen molar-refractivity contribution in [3.63, 3.8) is 0 Å². The summed E-state index contributed by atoms with van der Waals surface area (Å²) >= 11 is 0. The Hall–Kier alpha value is -1.62. The topological polar surface area (TPSA) is 88.4 Å². The highest BCUT2D eigenvalue weighted by atomic mass is 127. The molecule has 9 heteroatoms. The summed E-state index contributed by atoms with van der Waals surface area (Å²) in [4.78, 5) is 4.91. The minimum Gasteiger partial charge on any atom is -0.357 e. The van der Waals surface area contributed by atoms with Gasteiger partial charge in [-0.3, -0.25) is 9.67 Å². The molecule has 2 aromatic rings. The van der Waals surface area contributed by atoms with Crippen LogP contribution >= 0.6 is 24.0 Å². The Balaban J connectivity index is 0.00000512. The molecule has 2 rings (SSSR count). The van der Waals surface area contributed by atoms with Gasteiger partial charge in [-0.25, -0.2) is 8.42 Å². The van der Waals surface area contributed by atoms with Gasteiger partial charge in [0.15, 0.2) is 15.8 Å². The van der Waals surface area contributed by atoms with Crippen molar-refractivity contribution in [1.82, 2.24) is 20.4 Å². The van der Waals surface area contributed by atoms with Gasteiger partial charge in [0.05, 0.1) is 16.3 Å². The number of aromatic nitrogens is 2. The van der Waals surface area contributed by atoms with Crippen LogP contribution in [0, 0.1) is 13.8 Å². The van der Waals surface area contributed by atoms with Crippen LogP contribution < -0.4 is 10.6 Å². The maximum Gasteiger partial charge on any atom is 0.191 e. The first-order chi connectivity index (χ1) is 14.5. The first-order valence-corrected chi connectivity index (χ1v) is 12.5. The van der Waals surface area contributed by atoms with E-state index in [1.807, 2.05) is 37.6 Å². The summed E-state index contributed by atoms with van der Waals surface area (Å²) in [6.07, 6.45) is 0.858. The fourth-order valence-electron chi connectivity index (χ4n) is 3.24. The largest absolute Gasteiger partial charge is 0.357 e. The average Bonchev–Trinajstić information content (AvgIpc) is 3.01. The lowest BCUT2D eigenvalue weighted by atomic mass is 9.87. The molecule has 1 aromatic heterocycles. The number of hydrogen-bond donors (Lipinski definition) is 2. The number of benzene rings is 1. The molecule has 7 nitrogen and oxygen atoms in total. The van der Waals surface area contributed by atoms with Crippen molar-refractivity contribution in [3.8, 4) is 0 Å². The molecule has 0 unspecified atom stereocenters. The van der Waals surface area contributed by atoms with Crippen LogP contribution in [0.5, 0.6) is 0 Å². The molecule has 0 aliphatic rings. The van der Waals surface area contributed by atoms with E-state index in [4.69, 9.17) is 0 Å². The monoisotopic (exact) mass is 575 g/mol. The molecule has 1 aromatic carbocycles. The number of aliphatic imine (C=N–C) groups is 1. The van der Waals surface area contributed by atoms with Gasteiger partial charge in [0.1, 0.15) is 0 Å². The second-order valence-electron chi connectivity index (χ2n) is 8.78. The zero-order valence-electron chi connectivity index (χ0n) is 20.1. The second-order valence-corrected chi connectivity index (χ2v) is 10.9. The van der Waals surface area contributed by atoms with Gasteiger partial charge in [-0.1, -0.05) is 32.9 Å². The minimum atomic E-state index is -3.35. The molecule has 0 amide bonds. The van der Waals surface area contributed by atoms with E-state index in [0.29, 0.717) is 30.5 Å². The minimum absolute atomic E-state index is 0. The highest BCUT2D eigenvalue weighted by Crippen LogP contribution is 2.23. The van der Waals surface area contributed by atoms with Gasteiger partial charge in [-0.2, -0.15) is 5.10 Å². The molecule has 1 heterocycles. The van der Waals surface area contributed by atoms with E-state index in [2.05, 4.69) is 47.6 Å². The van der Waals surface area contributed by atoms with Gasteiger partial charge in [0.2, 0.25) is 0 Å². The Morgan fingerprint density at radius 2 is 1.78 bits per heavy atom. The van der Waals surface area contributed by atoms with E-state index in [1.54, 1.807) is 12.1 Å². The molecular weight excluding hydrogens is 537 g/mol. The van der Waals surface area contributed by atoms with Crippen LogP contribution in [0.25, 0.3) is 0 Å². The fraction of sp³-hybridized carbons (Fsp3) is 0.565. The predicted molar refractivity (Wildman–Crippen MR) is 143 cm³/mol. The van der Waals surface area contributed by atoms with Gasteiger partial charge in [-0.05, 0) is 56.4 Å². The van der Waals surface area contributed by atoms with Crippen LogP contribution in [0.3, 0.4) is 0 Å². The van der Waals surface area contributed by atoms with E-state index in [9.17, 15) is 8.42 Å². The molecule has 0 spiro atoms. The van der Waals surface area contributed by atoms with Crippen molar-refractivity contribution in [3.05, 3.63) is 47.3 Å². The molecule has 0 atom stereocenters. The third kappa shape index (κ3) is 8.73. The molecule has 0 aliphatic carbocycles. The quantitative estimate of drug-likeness (QED) is 0.206. The third-order valence-electron chi connectivity index (χ3n) is 4.99. The molecule has 0 fully saturated rings. The number of hydrogen-bond acceptors (Lipinski definition) is 4. The standard InChI is InChI=1S/C23H37N5O2S.HI/c1-7-24-22(25-13-8-15-28-19(3)17-18(2)27-28)26-14-16-31(29,30)21-11-9-20(10-12-21)23(4,5)6;/h9-12,17H,7-8,13-16H2,1-6H3,(H2,24,25,26);1H. The van der Waals surface area contributed by atoms with E-state index < -0.39 is 9.84 Å². The Bertz CT molecular complexity index is 977. The van der Waals surface area contributed by atoms with E-state index >= 15 is 0 Å². The van der Waals surface area contributed by atoms with Crippen molar-refractivity contribution in [2.75, 3.05) is 25.4 Å². The lowest BCUT2D eigenvalue weighted by Crippen LogP contribution is -2.39. The van der Waals surface area contributed by atoms with Gasteiger partial charge in [0, 0.05) is 31.9 Å². The number of nitrogens with one attached hydrogen (secondary N) is 2. The number of guanidine groups is 1. The van der Waals surface area contributed by atoms with Gasteiger partial charge < -0.3 is 10.6 Å². The highest BCUT2D eigenvalue weighted by molar-refractivity contribution is 14.0. The number of sulfone groups is 1.